The lowest BCUT2D eigenvalue weighted by Crippen LogP contribution is -2.08. The Morgan fingerprint density at radius 2 is 1.67 bits per heavy atom. The zero-order valence-electron chi connectivity index (χ0n) is 11.2. The number of nitrogens with one attached hydrogen (secondary N) is 1. The summed E-state index contributed by atoms with van der Waals surface area (Å²) in [6, 6.07) is 14.8. The Bertz CT molecular complexity index is 474. The van der Waals surface area contributed by atoms with Crippen molar-refractivity contribution >= 4 is 5.69 Å². The number of rotatable bonds is 4. The molecule has 0 aliphatic rings. The fourth-order valence-corrected chi connectivity index (χ4v) is 1.92. The molecule has 2 rings (SSSR count). The van der Waals surface area contributed by atoms with Gasteiger partial charge in [-0.2, -0.15) is 0 Å². The highest BCUT2D eigenvalue weighted by molar-refractivity contribution is 5.46. The van der Waals surface area contributed by atoms with Crippen LogP contribution in [0.1, 0.15) is 44.0 Å². The standard InChI is InChI=1S/C16H20N2/c1-12(2)14-7-9-15(10-8-14)18-13(3)16-6-4-5-11-17-16/h4-13,18H,1-3H3. The van der Waals surface area contributed by atoms with Crippen molar-refractivity contribution < 1.29 is 0 Å². The first-order valence-electron chi connectivity index (χ1n) is 6.44. The molecule has 0 aliphatic heterocycles. The van der Waals surface area contributed by atoms with E-state index in [0.29, 0.717) is 5.92 Å². The Hall–Kier alpha value is -1.83. The van der Waals surface area contributed by atoms with Crippen molar-refractivity contribution in [1.82, 2.24) is 4.98 Å². The van der Waals surface area contributed by atoms with Gasteiger partial charge in [-0.1, -0.05) is 32.0 Å². The second-order valence-corrected chi connectivity index (χ2v) is 4.90. The van der Waals surface area contributed by atoms with Gasteiger partial charge in [0.05, 0.1) is 11.7 Å². The molecule has 1 atom stereocenters. The maximum Gasteiger partial charge on any atom is 0.0657 e. The summed E-state index contributed by atoms with van der Waals surface area (Å²) in [5.41, 5.74) is 3.56. The first-order chi connectivity index (χ1) is 8.66. The average molecular weight is 240 g/mol. The third kappa shape index (κ3) is 3.10. The molecule has 0 radical (unpaired) electrons. The van der Waals surface area contributed by atoms with Crippen LogP contribution in [-0.4, -0.2) is 4.98 Å². The zero-order chi connectivity index (χ0) is 13.0. The maximum absolute atomic E-state index is 4.36. The molecule has 0 aliphatic carbocycles. The van der Waals surface area contributed by atoms with E-state index < -0.39 is 0 Å². The minimum Gasteiger partial charge on any atom is -0.377 e. The average Bonchev–Trinajstić information content (AvgIpc) is 2.40. The Morgan fingerprint density at radius 3 is 2.22 bits per heavy atom. The van der Waals surface area contributed by atoms with Gasteiger partial charge in [-0.05, 0) is 42.7 Å². The van der Waals surface area contributed by atoms with E-state index in [9.17, 15) is 0 Å². The van der Waals surface area contributed by atoms with Gasteiger partial charge in [0.1, 0.15) is 0 Å². The molecule has 1 N–H and O–H groups in total. The number of hydrogen-bond donors (Lipinski definition) is 1. The van der Waals surface area contributed by atoms with Gasteiger partial charge in [0.2, 0.25) is 0 Å². The van der Waals surface area contributed by atoms with Crippen molar-refractivity contribution in [1.29, 1.82) is 0 Å². The van der Waals surface area contributed by atoms with E-state index in [1.165, 1.54) is 5.56 Å². The van der Waals surface area contributed by atoms with Gasteiger partial charge in [-0.25, -0.2) is 0 Å². The van der Waals surface area contributed by atoms with Gasteiger partial charge in [0.25, 0.3) is 0 Å². The summed E-state index contributed by atoms with van der Waals surface area (Å²) in [5, 5.41) is 3.46. The molecule has 1 heterocycles. The van der Waals surface area contributed by atoms with Gasteiger partial charge in [0, 0.05) is 11.9 Å². The van der Waals surface area contributed by atoms with Crippen molar-refractivity contribution in [2.45, 2.75) is 32.7 Å². The first kappa shape index (κ1) is 12.6. The molecule has 0 spiro atoms. The summed E-state index contributed by atoms with van der Waals surface area (Å²) in [6.07, 6.45) is 1.83. The van der Waals surface area contributed by atoms with Crippen LogP contribution in [0.3, 0.4) is 0 Å². The molecule has 2 nitrogen and oxygen atoms in total. The van der Waals surface area contributed by atoms with Crippen LogP contribution in [0.15, 0.2) is 48.7 Å². The fraction of sp³-hybridized carbons (Fsp3) is 0.312. The number of benzene rings is 1. The molecular formula is C16H20N2. The maximum atomic E-state index is 4.36. The molecule has 1 unspecified atom stereocenters. The number of hydrogen-bond acceptors (Lipinski definition) is 2. The third-order valence-electron chi connectivity index (χ3n) is 3.09. The van der Waals surface area contributed by atoms with E-state index in [0.717, 1.165) is 11.4 Å². The topological polar surface area (TPSA) is 24.9 Å². The molecule has 0 saturated heterocycles. The molecule has 0 saturated carbocycles. The van der Waals surface area contributed by atoms with Crippen molar-refractivity contribution in [3.05, 3.63) is 59.9 Å². The highest BCUT2D eigenvalue weighted by Gasteiger charge is 2.06. The van der Waals surface area contributed by atoms with Gasteiger partial charge in [-0.15, -0.1) is 0 Å². The number of anilines is 1. The predicted molar refractivity (Wildman–Crippen MR) is 76.8 cm³/mol. The van der Waals surface area contributed by atoms with Gasteiger partial charge < -0.3 is 5.32 Å². The number of aromatic nitrogens is 1. The second kappa shape index (κ2) is 5.67. The highest BCUT2D eigenvalue weighted by atomic mass is 14.9. The molecule has 0 amide bonds. The summed E-state index contributed by atoms with van der Waals surface area (Å²) in [4.78, 5) is 4.36. The van der Waals surface area contributed by atoms with Crippen LogP contribution in [0.25, 0.3) is 0 Å². The summed E-state index contributed by atoms with van der Waals surface area (Å²) in [7, 11) is 0. The predicted octanol–water partition coefficient (Wildman–Crippen LogP) is 4.38. The third-order valence-corrected chi connectivity index (χ3v) is 3.09. The summed E-state index contributed by atoms with van der Waals surface area (Å²) >= 11 is 0. The van der Waals surface area contributed by atoms with Crippen LogP contribution in [0, 0.1) is 0 Å². The van der Waals surface area contributed by atoms with Crippen LogP contribution in [-0.2, 0) is 0 Å². The van der Waals surface area contributed by atoms with Gasteiger partial charge in [-0.3, -0.25) is 4.98 Å². The molecule has 18 heavy (non-hydrogen) atoms. The van der Waals surface area contributed by atoms with E-state index in [1.807, 2.05) is 24.4 Å². The number of nitrogens with zero attached hydrogens (tertiary/aromatic N) is 1. The van der Waals surface area contributed by atoms with Gasteiger partial charge >= 0.3 is 0 Å². The van der Waals surface area contributed by atoms with Gasteiger partial charge in [0.15, 0.2) is 0 Å². The Morgan fingerprint density at radius 1 is 0.944 bits per heavy atom. The second-order valence-electron chi connectivity index (χ2n) is 4.90. The number of pyridine rings is 1. The van der Waals surface area contributed by atoms with E-state index in [1.54, 1.807) is 0 Å². The SMILES string of the molecule is CC(C)c1ccc(NC(C)c2ccccn2)cc1. The van der Waals surface area contributed by atoms with E-state index in [-0.39, 0.29) is 6.04 Å². The van der Waals surface area contributed by atoms with Crippen LogP contribution in [0.2, 0.25) is 0 Å². The van der Waals surface area contributed by atoms with Crippen LogP contribution >= 0.6 is 0 Å². The largest absolute Gasteiger partial charge is 0.377 e. The monoisotopic (exact) mass is 240 g/mol. The van der Waals surface area contributed by atoms with Crippen LogP contribution < -0.4 is 5.32 Å². The minimum absolute atomic E-state index is 0.219. The lowest BCUT2D eigenvalue weighted by molar-refractivity contribution is 0.837. The van der Waals surface area contributed by atoms with Crippen molar-refractivity contribution in [2.24, 2.45) is 0 Å². The lowest BCUT2D eigenvalue weighted by atomic mass is 10.0. The highest BCUT2D eigenvalue weighted by Crippen LogP contribution is 2.20. The fourth-order valence-electron chi connectivity index (χ4n) is 1.92. The molecule has 0 fully saturated rings. The molecular weight excluding hydrogens is 220 g/mol. The van der Waals surface area contributed by atoms with Crippen molar-refractivity contribution in [2.75, 3.05) is 5.32 Å². The molecule has 94 valence electrons. The van der Waals surface area contributed by atoms with Crippen LogP contribution in [0.4, 0.5) is 5.69 Å². The summed E-state index contributed by atoms with van der Waals surface area (Å²) in [6.45, 7) is 6.54. The molecule has 1 aromatic heterocycles. The molecule has 1 aromatic carbocycles. The smallest absolute Gasteiger partial charge is 0.0657 e. The van der Waals surface area contributed by atoms with Crippen LogP contribution in [0.5, 0.6) is 0 Å². The Kier molecular flexibility index (Phi) is 3.98. The van der Waals surface area contributed by atoms with E-state index >= 15 is 0 Å². The van der Waals surface area contributed by atoms with Crippen molar-refractivity contribution in [3.63, 3.8) is 0 Å². The first-order valence-corrected chi connectivity index (χ1v) is 6.44. The summed E-state index contributed by atoms with van der Waals surface area (Å²) < 4.78 is 0. The minimum atomic E-state index is 0.219. The Labute approximate surface area is 109 Å². The molecule has 2 aromatic rings. The zero-order valence-corrected chi connectivity index (χ0v) is 11.2. The molecule has 0 bridgehead atoms. The lowest BCUT2D eigenvalue weighted by Gasteiger charge is -2.15. The summed E-state index contributed by atoms with van der Waals surface area (Å²) in [5.74, 6) is 0.576. The van der Waals surface area contributed by atoms with E-state index in [2.05, 4.69) is 55.3 Å². The quantitative estimate of drug-likeness (QED) is 0.858. The molecule has 2 heteroatoms. The van der Waals surface area contributed by atoms with E-state index in [4.69, 9.17) is 0 Å². The Balaban J connectivity index is 2.05. The normalized spacial score (nSPS) is 12.4. The van der Waals surface area contributed by atoms with Crippen molar-refractivity contribution in [3.8, 4) is 0 Å².